The van der Waals surface area contributed by atoms with Crippen LogP contribution in [0.4, 0.5) is 0 Å². The van der Waals surface area contributed by atoms with E-state index in [4.69, 9.17) is 23.4 Å². The number of carbonyl (C=O) groups is 1. The van der Waals surface area contributed by atoms with Gasteiger partial charge in [-0.05, 0) is 50.0 Å². The summed E-state index contributed by atoms with van der Waals surface area (Å²) in [6, 6.07) is 6.98. The van der Waals surface area contributed by atoms with Gasteiger partial charge in [0.15, 0.2) is 17.1 Å². The van der Waals surface area contributed by atoms with Crippen LogP contribution < -0.4 is 19.8 Å². The lowest BCUT2D eigenvalue weighted by Crippen LogP contribution is -2.51. The molecule has 7 heteroatoms. The molecule has 1 saturated carbocycles. The average molecular weight is 398 g/mol. The largest absolute Gasteiger partial charge is 0.493 e. The second-order valence-corrected chi connectivity index (χ2v) is 7.21. The van der Waals surface area contributed by atoms with Gasteiger partial charge in [-0.2, -0.15) is 0 Å². The van der Waals surface area contributed by atoms with Gasteiger partial charge in [0.2, 0.25) is 0 Å². The van der Waals surface area contributed by atoms with Crippen LogP contribution in [0.5, 0.6) is 17.2 Å². The normalized spacial score (nSPS) is 22.4. The van der Waals surface area contributed by atoms with Crippen molar-refractivity contribution in [3.05, 3.63) is 45.8 Å². The molecule has 0 N–H and O–H groups in total. The molecule has 1 aliphatic heterocycles. The van der Waals surface area contributed by atoms with E-state index in [0.29, 0.717) is 47.0 Å². The minimum Gasteiger partial charge on any atom is -0.493 e. The maximum absolute atomic E-state index is 12.7. The van der Waals surface area contributed by atoms with E-state index in [1.807, 2.05) is 6.92 Å². The summed E-state index contributed by atoms with van der Waals surface area (Å²) < 4.78 is 28.0. The minimum atomic E-state index is -0.824. The third-order valence-corrected chi connectivity index (χ3v) is 5.64. The van der Waals surface area contributed by atoms with Gasteiger partial charge in [0, 0.05) is 6.07 Å². The Balaban J connectivity index is 1.84. The number of fused-ring (bicyclic) bond motifs is 2. The molecule has 29 heavy (non-hydrogen) atoms. The van der Waals surface area contributed by atoms with Crippen LogP contribution in [-0.2, 0) is 9.53 Å². The maximum Gasteiger partial charge on any atom is 0.347 e. The van der Waals surface area contributed by atoms with Crippen LogP contribution in [0.25, 0.3) is 17.4 Å². The quantitative estimate of drug-likeness (QED) is 0.712. The molecule has 0 unspecified atom stereocenters. The first-order chi connectivity index (χ1) is 14.0. The first kappa shape index (κ1) is 19.1. The molecule has 1 fully saturated rings. The van der Waals surface area contributed by atoms with Crippen LogP contribution in [0.1, 0.15) is 31.7 Å². The Labute approximate surface area is 167 Å². The molecule has 1 aliphatic carbocycles. The first-order valence-electron chi connectivity index (χ1n) is 9.40. The smallest absolute Gasteiger partial charge is 0.347 e. The zero-order valence-electron chi connectivity index (χ0n) is 16.5. The van der Waals surface area contributed by atoms with Crippen molar-refractivity contribution < 1.29 is 28.2 Å². The lowest BCUT2D eigenvalue weighted by atomic mass is 9.77. The summed E-state index contributed by atoms with van der Waals surface area (Å²) in [5.41, 5.74) is 0.516. The highest BCUT2D eigenvalue weighted by Gasteiger charge is 2.47. The Kier molecular flexibility index (Phi) is 4.82. The molecule has 0 saturated heterocycles. The van der Waals surface area contributed by atoms with E-state index < -0.39 is 17.3 Å². The standard InChI is InChI=1S/C22H22O7/c1-22-13(6-4-9-19(22)27-12-23)10-15-18(29-22)11-17(28-21(15)24)14-7-5-8-16(25-2)20(14)26-3/h5,7-8,10-12,19H,4,6,9H2,1-3H3/t19-,22+/m0/s1. The van der Waals surface area contributed by atoms with Gasteiger partial charge in [0.25, 0.3) is 6.47 Å². The zero-order valence-corrected chi connectivity index (χ0v) is 16.5. The number of benzene rings is 1. The minimum absolute atomic E-state index is 0.300. The van der Waals surface area contributed by atoms with Crippen molar-refractivity contribution in [1.29, 1.82) is 0 Å². The van der Waals surface area contributed by atoms with Crippen LogP contribution in [0.15, 0.2) is 39.1 Å². The van der Waals surface area contributed by atoms with Gasteiger partial charge < -0.3 is 23.4 Å². The van der Waals surface area contributed by atoms with Crippen LogP contribution >= 0.6 is 0 Å². The molecule has 2 aliphatic rings. The Morgan fingerprint density at radius 3 is 2.79 bits per heavy atom. The fraction of sp³-hybridized carbons (Fsp3) is 0.364. The van der Waals surface area contributed by atoms with E-state index in [1.165, 1.54) is 14.2 Å². The zero-order chi connectivity index (χ0) is 20.6. The summed E-state index contributed by atoms with van der Waals surface area (Å²) >= 11 is 0. The Hall–Kier alpha value is -3.22. The number of rotatable bonds is 5. The Morgan fingerprint density at radius 1 is 1.24 bits per heavy atom. The molecule has 152 valence electrons. The van der Waals surface area contributed by atoms with Crippen molar-refractivity contribution in [2.24, 2.45) is 0 Å². The highest BCUT2D eigenvalue weighted by atomic mass is 16.6. The molecule has 2 aromatic rings. The summed E-state index contributed by atoms with van der Waals surface area (Å²) in [5.74, 6) is 1.66. The fourth-order valence-corrected chi connectivity index (χ4v) is 4.13. The second kappa shape index (κ2) is 7.31. The molecule has 1 aromatic heterocycles. The van der Waals surface area contributed by atoms with Crippen LogP contribution in [0.2, 0.25) is 0 Å². The monoisotopic (exact) mass is 398 g/mol. The lowest BCUT2D eigenvalue weighted by Gasteiger charge is -2.44. The number of carbonyl (C=O) groups excluding carboxylic acids is 1. The van der Waals surface area contributed by atoms with Crippen molar-refractivity contribution in [1.82, 2.24) is 0 Å². The lowest BCUT2D eigenvalue weighted by molar-refractivity contribution is -0.145. The predicted molar refractivity (Wildman–Crippen MR) is 105 cm³/mol. The van der Waals surface area contributed by atoms with E-state index in [2.05, 4.69) is 0 Å². The molecule has 7 nitrogen and oxygen atoms in total. The Bertz CT molecular complexity index is 1040. The third-order valence-electron chi connectivity index (χ3n) is 5.64. The molecular formula is C22H22O7. The molecular weight excluding hydrogens is 376 g/mol. The second-order valence-electron chi connectivity index (χ2n) is 7.21. The van der Waals surface area contributed by atoms with Gasteiger partial charge in [-0.1, -0.05) is 6.07 Å². The SMILES string of the molecule is COc1cccc(-c2cc3c(c(=O)o2)C=C2CCC[C@H](OC=O)[C@]2(C)O3)c1OC. The number of hydrogen-bond acceptors (Lipinski definition) is 7. The molecule has 4 rings (SSSR count). The predicted octanol–water partition coefficient (Wildman–Crippen LogP) is 3.58. The van der Waals surface area contributed by atoms with E-state index in [-0.39, 0.29) is 0 Å². The summed E-state index contributed by atoms with van der Waals surface area (Å²) in [5, 5.41) is 0. The van der Waals surface area contributed by atoms with Crippen molar-refractivity contribution >= 4 is 12.5 Å². The van der Waals surface area contributed by atoms with Crippen LogP contribution in [0.3, 0.4) is 0 Å². The number of ether oxygens (including phenoxy) is 4. The van der Waals surface area contributed by atoms with Gasteiger partial charge in [0.1, 0.15) is 23.2 Å². The average Bonchev–Trinajstić information content (AvgIpc) is 2.72. The van der Waals surface area contributed by atoms with E-state index >= 15 is 0 Å². The topological polar surface area (TPSA) is 84.2 Å². The molecule has 0 amide bonds. The molecule has 2 atom stereocenters. The van der Waals surface area contributed by atoms with Gasteiger partial charge in [-0.25, -0.2) is 4.79 Å². The van der Waals surface area contributed by atoms with Gasteiger partial charge in [-0.3, -0.25) is 4.79 Å². The van der Waals surface area contributed by atoms with E-state index in [1.54, 1.807) is 30.3 Å². The van der Waals surface area contributed by atoms with Crippen molar-refractivity contribution in [3.8, 4) is 28.6 Å². The van der Waals surface area contributed by atoms with E-state index in [9.17, 15) is 9.59 Å². The number of hydrogen-bond donors (Lipinski definition) is 0. The van der Waals surface area contributed by atoms with Crippen molar-refractivity contribution in [2.75, 3.05) is 14.2 Å². The fourth-order valence-electron chi connectivity index (χ4n) is 4.13. The van der Waals surface area contributed by atoms with Crippen LogP contribution in [0, 0.1) is 0 Å². The number of methoxy groups -OCH3 is 2. The molecule has 2 heterocycles. The van der Waals surface area contributed by atoms with Gasteiger partial charge in [-0.15, -0.1) is 0 Å². The van der Waals surface area contributed by atoms with Gasteiger partial charge >= 0.3 is 5.63 Å². The first-order valence-corrected chi connectivity index (χ1v) is 9.40. The maximum atomic E-state index is 12.7. The molecule has 0 spiro atoms. The summed E-state index contributed by atoms with van der Waals surface area (Å²) in [7, 11) is 3.06. The van der Waals surface area contributed by atoms with Crippen molar-refractivity contribution in [3.63, 3.8) is 0 Å². The molecule has 0 bridgehead atoms. The van der Waals surface area contributed by atoms with E-state index in [0.717, 1.165) is 18.4 Å². The summed E-state index contributed by atoms with van der Waals surface area (Å²) in [6.07, 6.45) is 3.69. The van der Waals surface area contributed by atoms with Gasteiger partial charge in [0.05, 0.1) is 19.8 Å². The van der Waals surface area contributed by atoms with Crippen LogP contribution in [-0.4, -0.2) is 32.4 Å². The van der Waals surface area contributed by atoms with Crippen molar-refractivity contribution in [2.45, 2.75) is 37.9 Å². The third kappa shape index (κ3) is 3.06. The highest BCUT2D eigenvalue weighted by Crippen LogP contribution is 2.45. The number of para-hydroxylation sites is 1. The summed E-state index contributed by atoms with van der Waals surface area (Å²) in [6.45, 7) is 2.33. The summed E-state index contributed by atoms with van der Waals surface area (Å²) in [4.78, 5) is 23.7. The molecule has 1 aromatic carbocycles. The Morgan fingerprint density at radius 2 is 2.07 bits per heavy atom. The highest BCUT2D eigenvalue weighted by molar-refractivity contribution is 5.73. The molecule has 0 radical (unpaired) electrons.